The number of furan rings is 1. The molecule has 1 aliphatic carbocycles. The molecule has 8 rings (SSSR count). The Labute approximate surface area is 240 Å². The third-order valence-corrected chi connectivity index (χ3v) is 8.64. The molecule has 1 aromatic heterocycles. The van der Waals surface area contributed by atoms with Crippen molar-refractivity contribution in [1.29, 1.82) is 0 Å². The van der Waals surface area contributed by atoms with Gasteiger partial charge in [-0.3, -0.25) is 0 Å². The van der Waals surface area contributed by atoms with E-state index >= 15 is 0 Å². The van der Waals surface area contributed by atoms with Gasteiger partial charge < -0.3 is 9.32 Å². The average Bonchev–Trinajstić information content (AvgIpc) is 3.50. The summed E-state index contributed by atoms with van der Waals surface area (Å²) in [5, 5.41) is 2.35. The van der Waals surface area contributed by atoms with Gasteiger partial charge >= 0.3 is 0 Å². The predicted molar refractivity (Wildman–Crippen MR) is 171 cm³/mol. The van der Waals surface area contributed by atoms with Gasteiger partial charge in [0.2, 0.25) is 0 Å². The molecule has 0 atom stereocenters. The Bertz CT molecular complexity index is 2010. The fourth-order valence-corrected chi connectivity index (χ4v) is 6.71. The normalized spacial score (nSPS) is 13.3. The molecule has 0 saturated carbocycles. The lowest BCUT2D eigenvalue weighted by Crippen LogP contribution is -2.16. The number of nitrogens with zero attached hydrogens (tertiary/aromatic N) is 1. The summed E-state index contributed by atoms with van der Waals surface area (Å²) in [6.45, 7) is 4.69. The van der Waals surface area contributed by atoms with Gasteiger partial charge in [0, 0.05) is 38.8 Å². The summed E-state index contributed by atoms with van der Waals surface area (Å²) in [4.78, 5) is 2.34. The van der Waals surface area contributed by atoms with Crippen molar-refractivity contribution in [2.45, 2.75) is 19.3 Å². The third kappa shape index (κ3) is 3.57. The number of benzene rings is 6. The fourth-order valence-electron chi connectivity index (χ4n) is 6.71. The van der Waals surface area contributed by atoms with E-state index in [9.17, 15) is 0 Å². The second-order valence-corrected chi connectivity index (χ2v) is 11.4. The summed E-state index contributed by atoms with van der Waals surface area (Å²) in [7, 11) is 0. The Morgan fingerprint density at radius 2 is 1.12 bits per heavy atom. The quantitative estimate of drug-likeness (QED) is 0.226. The van der Waals surface area contributed by atoms with E-state index in [1.54, 1.807) is 0 Å². The third-order valence-electron chi connectivity index (χ3n) is 8.64. The zero-order valence-corrected chi connectivity index (χ0v) is 23.1. The number of fused-ring (bicyclic) bond motifs is 6. The highest BCUT2D eigenvalue weighted by molar-refractivity contribution is 6.17. The fraction of sp³-hybridized carbons (Fsp3) is 0.0769. The SMILES string of the molecule is CC1(C)c2cc(N(c3ccccc3)c3ccccc3)ccc2-c2c1cc1oc3ccccc3c1c2-c1ccccc1. The summed E-state index contributed by atoms with van der Waals surface area (Å²) < 4.78 is 6.50. The minimum atomic E-state index is -0.212. The van der Waals surface area contributed by atoms with Crippen LogP contribution < -0.4 is 4.90 Å². The second kappa shape index (κ2) is 8.97. The monoisotopic (exact) mass is 527 g/mol. The topological polar surface area (TPSA) is 16.4 Å². The van der Waals surface area contributed by atoms with Crippen molar-refractivity contribution in [3.63, 3.8) is 0 Å². The summed E-state index contributed by atoms with van der Waals surface area (Å²) in [6, 6.07) is 49.7. The Balaban J connectivity index is 1.42. The van der Waals surface area contributed by atoms with Crippen molar-refractivity contribution >= 4 is 39.0 Å². The first-order valence-corrected chi connectivity index (χ1v) is 14.2. The van der Waals surface area contributed by atoms with Crippen LogP contribution in [0.15, 0.2) is 144 Å². The first kappa shape index (κ1) is 23.8. The van der Waals surface area contributed by atoms with Gasteiger partial charge in [-0.2, -0.15) is 0 Å². The summed E-state index contributed by atoms with van der Waals surface area (Å²) in [5.41, 5.74) is 12.8. The van der Waals surface area contributed by atoms with Crippen molar-refractivity contribution in [1.82, 2.24) is 0 Å². The lowest BCUT2D eigenvalue weighted by molar-refractivity contribution is 0.647. The van der Waals surface area contributed by atoms with E-state index < -0.39 is 0 Å². The molecule has 0 amide bonds. The van der Waals surface area contributed by atoms with Crippen LogP contribution in [-0.4, -0.2) is 0 Å². The smallest absolute Gasteiger partial charge is 0.136 e. The molecule has 7 aromatic rings. The minimum absolute atomic E-state index is 0.212. The largest absolute Gasteiger partial charge is 0.456 e. The molecule has 0 saturated heterocycles. The van der Waals surface area contributed by atoms with Crippen LogP contribution in [-0.2, 0) is 5.41 Å². The molecule has 0 bridgehead atoms. The van der Waals surface area contributed by atoms with Crippen LogP contribution in [0.25, 0.3) is 44.2 Å². The molecule has 0 N–H and O–H groups in total. The molecule has 196 valence electrons. The predicted octanol–water partition coefficient (Wildman–Crippen LogP) is 11.0. The molecule has 1 aliphatic rings. The highest BCUT2D eigenvalue weighted by atomic mass is 16.3. The number of hydrogen-bond donors (Lipinski definition) is 0. The van der Waals surface area contributed by atoms with Crippen LogP contribution >= 0.6 is 0 Å². The Morgan fingerprint density at radius 3 is 1.80 bits per heavy atom. The molecule has 41 heavy (non-hydrogen) atoms. The number of para-hydroxylation sites is 3. The van der Waals surface area contributed by atoms with Gasteiger partial charge in [0.05, 0.1) is 0 Å². The second-order valence-electron chi connectivity index (χ2n) is 11.4. The molecule has 0 unspecified atom stereocenters. The van der Waals surface area contributed by atoms with Gasteiger partial charge in [0.15, 0.2) is 0 Å². The van der Waals surface area contributed by atoms with Crippen LogP contribution in [0, 0.1) is 0 Å². The first-order chi connectivity index (χ1) is 20.1. The summed E-state index contributed by atoms with van der Waals surface area (Å²) in [5.74, 6) is 0. The molecule has 6 aromatic carbocycles. The molecule has 0 fully saturated rings. The van der Waals surface area contributed by atoms with Crippen molar-refractivity contribution < 1.29 is 4.42 Å². The molecule has 0 spiro atoms. The highest BCUT2D eigenvalue weighted by Crippen LogP contribution is 2.56. The highest BCUT2D eigenvalue weighted by Gasteiger charge is 2.39. The summed E-state index contributed by atoms with van der Waals surface area (Å²) in [6.07, 6.45) is 0. The lowest BCUT2D eigenvalue weighted by atomic mass is 9.81. The van der Waals surface area contributed by atoms with Gasteiger partial charge in [0.25, 0.3) is 0 Å². The van der Waals surface area contributed by atoms with Gasteiger partial charge in [-0.1, -0.05) is 105 Å². The van der Waals surface area contributed by atoms with E-state index in [2.05, 4.69) is 152 Å². The van der Waals surface area contributed by atoms with Gasteiger partial charge in [-0.25, -0.2) is 0 Å². The van der Waals surface area contributed by atoms with E-state index in [0.29, 0.717) is 0 Å². The van der Waals surface area contributed by atoms with Crippen molar-refractivity contribution in [3.05, 3.63) is 151 Å². The number of hydrogen-bond acceptors (Lipinski definition) is 2. The van der Waals surface area contributed by atoms with Gasteiger partial charge in [-0.05, 0) is 76.3 Å². The average molecular weight is 528 g/mol. The molecule has 0 radical (unpaired) electrons. The van der Waals surface area contributed by atoms with Crippen LogP contribution in [0.5, 0.6) is 0 Å². The van der Waals surface area contributed by atoms with Crippen LogP contribution in [0.1, 0.15) is 25.0 Å². The summed E-state index contributed by atoms with van der Waals surface area (Å²) >= 11 is 0. The van der Waals surface area contributed by atoms with Crippen molar-refractivity contribution in [3.8, 4) is 22.3 Å². The Kier molecular flexibility index (Phi) is 5.20. The molecular weight excluding hydrogens is 498 g/mol. The van der Waals surface area contributed by atoms with Crippen molar-refractivity contribution in [2.75, 3.05) is 4.90 Å². The standard InChI is InChI=1S/C39H29NO/c1-39(2)32-24-29(40(27-16-8-4-9-17-27)28-18-10-5-11-19-28)22-23-30(32)37-33(39)25-35-38(31-20-12-13-21-34(31)41-35)36(37)26-14-6-3-7-15-26/h3-25H,1-2H3. The van der Waals surface area contributed by atoms with E-state index in [1.807, 2.05) is 6.07 Å². The molecule has 2 nitrogen and oxygen atoms in total. The van der Waals surface area contributed by atoms with Gasteiger partial charge in [-0.15, -0.1) is 0 Å². The number of rotatable bonds is 4. The van der Waals surface area contributed by atoms with Crippen LogP contribution in [0.4, 0.5) is 17.1 Å². The maximum Gasteiger partial charge on any atom is 0.136 e. The zero-order valence-electron chi connectivity index (χ0n) is 23.1. The van der Waals surface area contributed by atoms with E-state index in [0.717, 1.165) is 33.6 Å². The molecule has 1 heterocycles. The zero-order chi connectivity index (χ0) is 27.6. The number of anilines is 3. The lowest BCUT2D eigenvalue weighted by Gasteiger charge is -2.28. The molecule has 0 aliphatic heterocycles. The Hall–Kier alpha value is -5.08. The van der Waals surface area contributed by atoms with E-state index in [-0.39, 0.29) is 5.41 Å². The van der Waals surface area contributed by atoms with E-state index in [4.69, 9.17) is 4.42 Å². The van der Waals surface area contributed by atoms with Crippen LogP contribution in [0.3, 0.4) is 0 Å². The van der Waals surface area contributed by atoms with Crippen molar-refractivity contribution in [2.24, 2.45) is 0 Å². The van der Waals surface area contributed by atoms with E-state index in [1.165, 1.54) is 38.8 Å². The van der Waals surface area contributed by atoms with Crippen LogP contribution in [0.2, 0.25) is 0 Å². The van der Waals surface area contributed by atoms with Gasteiger partial charge in [0.1, 0.15) is 11.2 Å². The maximum absolute atomic E-state index is 6.50. The maximum atomic E-state index is 6.50. The first-order valence-electron chi connectivity index (χ1n) is 14.2. The minimum Gasteiger partial charge on any atom is -0.456 e. The molecular formula is C39H29NO. The Morgan fingerprint density at radius 1 is 0.512 bits per heavy atom. The molecule has 2 heteroatoms.